The van der Waals surface area contributed by atoms with Crippen LogP contribution in [-0.4, -0.2) is 57.5 Å². The Bertz CT molecular complexity index is 1550. The third kappa shape index (κ3) is 6.89. The van der Waals surface area contributed by atoms with Gasteiger partial charge in [-0.25, -0.2) is 5.06 Å². The molecule has 4 rings (SSSR count). The van der Waals surface area contributed by atoms with Gasteiger partial charge in [0.1, 0.15) is 5.75 Å². The summed E-state index contributed by atoms with van der Waals surface area (Å²) < 4.78 is 5.89. The molecule has 2 amide bonds. The van der Waals surface area contributed by atoms with Crippen molar-refractivity contribution in [2.45, 2.75) is 39.3 Å². The van der Waals surface area contributed by atoms with Crippen molar-refractivity contribution >= 4 is 22.7 Å². The Morgan fingerprint density at radius 3 is 2.42 bits per heavy atom. The van der Waals surface area contributed by atoms with Crippen LogP contribution in [0.25, 0.3) is 10.9 Å². The van der Waals surface area contributed by atoms with E-state index in [4.69, 9.17) is 4.74 Å². The molecule has 0 saturated carbocycles. The molecule has 0 radical (unpaired) electrons. The van der Waals surface area contributed by atoms with Gasteiger partial charge in [0.25, 0.3) is 11.8 Å². The number of hydrogen-bond donors (Lipinski definition) is 4. The quantitative estimate of drug-likeness (QED) is 0.142. The van der Waals surface area contributed by atoms with E-state index in [2.05, 4.69) is 22.1 Å². The first-order valence-corrected chi connectivity index (χ1v) is 13.2. The second-order valence-corrected chi connectivity index (χ2v) is 9.64. The molecule has 8 nitrogen and oxygen atoms in total. The minimum Gasteiger partial charge on any atom is -0.490 e. The number of amides is 2. The Morgan fingerprint density at radius 1 is 1.02 bits per heavy atom. The zero-order chi connectivity index (χ0) is 28.6. The number of nitrogens with one attached hydrogen (secondary N) is 2. The highest BCUT2D eigenvalue weighted by molar-refractivity contribution is 5.97. The van der Waals surface area contributed by atoms with Crippen LogP contribution in [0.4, 0.5) is 0 Å². The number of aromatic amines is 1. The minimum atomic E-state index is -0.503. The van der Waals surface area contributed by atoms with Gasteiger partial charge in [-0.3, -0.25) is 14.8 Å². The molecule has 40 heavy (non-hydrogen) atoms. The number of H-pyrrole nitrogens is 1. The molecule has 0 aliphatic carbocycles. The van der Waals surface area contributed by atoms with Crippen LogP contribution in [0, 0.1) is 11.8 Å². The maximum Gasteiger partial charge on any atom is 0.277 e. The normalized spacial score (nSPS) is 11.6. The van der Waals surface area contributed by atoms with Crippen molar-refractivity contribution in [3.8, 4) is 17.6 Å². The fourth-order valence-corrected chi connectivity index (χ4v) is 4.27. The van der Waals surface area contributed by atoms with E-state index in [0.29, 0.717) is 39.5 Å². The number of hydrogen-bond acceptors (Lipinski definition) is 5. The van der Waals surface area contributed by atoms with Gasteiger partial charge in [-0.2, -0.15) is 0 Å². The lowest BCUT2D eigenvalue weighted by Crippen LogP contribution is -2.39. The summed E-state index contributed by atoms with van der Waals surface area (Å²) in [4.78, 5) is 28.7. The number of aliphatic hydroxyl groups is 1. The second kappa shape index (κ2) is 13.0. The summed E-state index contributed by atoms with van der Waals surface area (Å²) in [5, 5.41) is 24.3. The number of para-hydroxylation sites is 1. The molecule has 0 fully saturated rings. The van der Waals surface area contributed by atoms with Crippen LogP contribution in [0.3, 0.4) is 0 Å². The van der Waals surface area contributed by atoms with Crippen molar-refractivity contribution in [2.24, 2.45) is 0 Å². The highest BCUT2D eigenvalue weighted by Crippen LogP contribution is 2.23. The zero-order valence-corrected chi connectivity index (χ0v) is 22.8. The van der Waals surface area contributed by atoms with Crippen molar-refractivity contribution in [1.29, 1.82) is 0 Å². The number of hydroxylamine groups is 2. The molecule has 1 heterocycles. The number of ether oxygens (including phenoxy) is 1. The van der Waals surface area contributed by atoms with Gasteiger partial charge in [-0.15, -0.1) is 0 Å². The largest absolute Gasteiger partial charge is 0.490 e. The summed E-state index contributed by atoms with van der Waals surface area (Å²) in [7, 11) is 0. The Balaban J connectivity index is 1.54. The topological polar surface area (TPSA) is 115 Å². The fourth-order valence-electron chi connectivity index (χ4n) is 4.27. The predicted octanol–water partition coefficient (Wildman–Crippen LogP) is 4.54. The van der Waals surface area contributed by atoms with E-state index in [-0.39, 0.29) is 25.2 Å². The monoisotopic (exact) mass is 539 g/mol. The van der Waals surface area contributed by atoms with Crippen molar-refractivity contribution < 1.29 is 24.6 Å². The molecule has 0 aliphatic heterocycles. The van der Waals surface area contributed by atoms with Gasteiger partial charge in [0.2, 0.25) is 0 Å². The maximum absolute atomic E-state index is 13.4. The Hall–Kier alpha value is -4.58. The first kappa shape index (κ1) is 28.4. The van der Waals surface area contributed by atoms with Gasteiger partial charge >= 0.3 is 0 Å². The molecule has 0 bridgehead atoms. The van der Waals surface area contributed by atoms with Crippen LogP contribution in [0.1, 0.15) is 58.2 Å². The minimum absolute atomic E-state index is 0.146. The van der Waals surface area contributed by atoms with Gasteiger partial charge in [0.15, 0.2) is 0 Å². The molecule has 4 aromatic rings. The lowest BCUT2D eigenvalue weighted by atomic mass is 10.0. The molecular weight excluding hydrogens is 506 g/mol. The average molecular weight is 540 g/mol. The predicted molar refractivity (Wildman–Crippen MR) is 153 cm³/mol. The van der Waals surface area contributed by atoms with Crippen LogP contribution in [0.15, 0.2) is 72.9 Å². The van der Waals surface area contributed by atoms with Crippen LogP contribution in [0.2, 0.25) is 0 Å². The average Bonchev–Trinajstić information content (AvgIpc) is 3.38. The van der Waals surface area contributed by atoms with E-state index in [1.165, 1.54) is 0 Å². The molecule has 0 unspecified atom stereocenters. The summed E-state index contributed by atoms with van der Waals surface area (Å²) in [6.45, 7) is 5.41. The van der Waals surface area contributed by atoms with Crippen LogP contribution >= 0.6 is 0 Å². The van der Waals surface area contributed by atoms with Crippen molar-refractivity contribution in [2.75, 3.05) is 13.2 Å². The number of rotatable bonds is 9. The Labute approximate surface area is 233 Å². The molecule has 0 aliphatic rings. The fraction of sp³-hybridized carbons (Fsp3) is 0.250. The van der Waals surface area contributed by atoms with E-state index >= 15 is 0 Å². The number of aromatic nitrogens is 1. The molecular formula is C32H33N3O5. The molecule has 3 aromatic carbocycles. The van der Waals surface area contributed by atoms with E-state index in [0.717, 1.165) is 16.5 Å². The number of nitrogens with zero attached hydrogens (tertiary/aromatic N) is 1. The first-order chi connectivity index (χ1) is 19.3. The molecule has 1 aromatic heterocycles. The molecule has 8 heteroatoms. The number of fused-ring (bicyclic) bond motifs is 1. The van der Waals surface area contributed by atoms with Crippen molar-refractivity contribution in [3.63, 3.8) is 0 Å². The molecule has 206 valence electrons. The van der Waals surface area contributed by atoms with Gasteiger partial charge < -0.3 is 20.1 Å². The summed E-state index contributed by atoms with van der Waals surface area (Å²) in [5.74, 6) is 5.67. The van der Waals surface area contributed by atoms with Gasteiger partial charge in [0, 0.05) is 40.3 Å². The Kier molecular flexibility index (Phi) is 9.23. The van der Waals surface area contributed by atoms with E-state index in [1.807, 2.05) is 44.3 Å². The van der Waals surface area contributed by atoms with Crippen LogP contribution in [0.5, 0.6) is 5.75 Å². The molecule has 0 spiro atoms. The third-order valence-electron chi connectivity index (χ3n) is 6.30. The molecule has 4 N–H and O–H groups in total. The smallest absolute Gasteiger partial charge is 0.277 e. The second-order valence-electron chi connectivity index (χ2n) is 9.64. The lowest BCUT2D eigenvalue weighted by Gasteiger charge is -2.19. The number of benzene rings is 3. The molecule has 0 saturated heterocycles. The summed E-state index contributed by atoms with van der Waals surface area (Å²) in [5.41, 5.74) is 3.95. The highest BCUT2D eigenvalue weighted by Gasteiger charge is 2.20. The van der Waals surface area contributed by atoms with Gasteiger partial charge in [-0.1, -0.05) is 30.0 Å². The van der Waals surface area contributed by atoms with Crippen molar-refractivity contribution in [1.82, 2.24) is 15.4 Å². The maximum atomic E-state index is 13.4. The van der Waals surface area contributed by atoms with Crippen LogP contribution in [-0.2, 0) is 6.42 Å². The standard InChI is InChI=1S/C32H33N3O5/c1-4-35(39)32(38)24-14-11-22(12-15-24)9-10-23-13-16-30(40-21(2)3)28(17-23)31(37)34-26(20-36)18-25-19-33-29-8-6-5-7-27(25)29/h5-8,11-17,19,21,26,33,36,39H,4,18,20H2,1-3H3,(H,34,37)/t26-/m1/s1. The SMILES string of the molecule is CCN(O)C(=O)c1ccc(C#Cc2ccc(OC(C)C)c(C(=O)N[C@@H](CO)Cc3c[nH]c4ccccc34)c2)cc1. The summed E-state index contributed by atoms with van der Waals surface area (Å²) in [6.07, 6.45) is 2.21. The highest BCUT2D eigenvalue weighted by atomic mass is 16.5. The number of carbonyl (C=O) groups excluding carboxylic acids is 2. The number of aliphatic hydroxyl groups excluding tert-OH is 1. The molecule has 1 atom stereocenters. The first-order valence-electron chi connectivity index (χ1n) is 13.2. The van der Waals surface area contributed by atoms with E-state index in [1.54, 1.807) is 49.4 Å². The van der Waals surface area contributed by atoms with E-state index < -0.39 is 11.9 Å². The summed E-state index contributed by atoms with van der Waals surface area (Å²) in [6, 6.07) is 19.2. The zero-order valence-electron chi connectivity index (χ0n) is 22.8. The Morgan fingerprint density at radius 2 is 1.73 bits per heavy atom. The van der Waals surface area contributed by atoms with Crippen LogP contribution < -0.4 is 10.1 Å². The van der Waals surface area contributed by atoms with E-state index in [9.17, 15) is 19.9 Å². The third-order valence-corrected chi connectivity index (χ3v) is 6.30. The van der Waals surface area contributed by atoms with Crippen molar-refractivity contribution in [3.05, 3.63) is 101 Å². The van der Waals surface area contributed by atoms with Gasteiger partial charge in [0.05, 0.1) is 24.3 Å². The lowest BCUT2D eigenvalue weighted by molar-refractivity contribution is -0.0541. The summed E-state index contributed by atoms with van der Waals surface area (Å²) >= 11 is 0. The van der Waals surface area contributed by atoms with Gasteiger partial charge in [-0.05, 0) is 81.3 Å². The number of carbonyl (C=O) groups is 2.